The first kappa shape index (κ1) is 20.3. The Morgan fingerprint density at radius 1 is 1.17 bits per heavy atom. The quantitative estimate of drug-likeness (QED) is 0.580. The minimum absolute atomic E-state index is 0.179. The molecule has 3 heterocycles. The van der Waals surface area contributed by atoms with Gasteiger partial charge in [-0.15, -0.1) is 0 Å². The summed E-state index contributed by atoms with van der Waals surface area (Å²) < 4.78 is 6.94. The largest absolute Gasteiger partial charge is 0.466 e. The van der Waals surface area contributed by atoms with E-state index in [1.807, 2.05) is 19.9 Å². The molecular formula is C22H28N6O2. The van der Waals surface area contributed by atoms with Gasteiger partial charge >= 0.3 is 5.97 Å². The molecule has 1 aromatic carbocycles. The average Bonchev–Trinajstić information content (AvgIpc) is 3.22. The van der Waals surface area contributed by atoms with E-state index in [-0.39, 0.29) is 12.4 Å². The van der Waals surface area contributed by atoms with Crippen molar-refractivity contribution in [3.05, 3.63) is 53.5 Å². The zero-order valence-electron chi connectivity index (χ0n) is 17.8. The molecule has 158 valence electrons. The molecular weight excluding hydrogens is 380 g/mol. The third kappa shape index (κ3) is 4.00. The van der Waals surface area contributed by atoms with Gasteiger partial charge in [-0.25, -0.2) is 4.98 Å². The van der Waals surface area contributed by atoms with Crippen LogP contribution in [-0.2, 0) is 16.0 Å². The number of ether oxygens (including phenoxy) is 1. The number of aryl methyl sites for hydroxylation is 1. The minimum atomic E-state index is -0.251. The van der Waals surface area contributed by atoms with Crippen LogP contribution in [0.5, 0.6) is 0 Å². The van der Waals surface area contributed by atoms with E-state index in [4.69, 9.17) is 4.74 Å². The Labute approximate surface area is 176 Å². The number of fused-ring (bicyclic) bond motifs is 1. The lowest BCUT2D eigenvalue weighted by Gasteiger charge is -2.39. The number of rotatable bonds is 6. The highest BCUT2D eigenvalue weighted by atomic mass is 16.5. The number of hydrogen-bond acceptors (Lipinski definition) is 7. The number of carbonyl (C=O) groups is 1. The van der Waals surface area contributed by atoms with Crippen LogP contribution in [0.1, 0.15) is 36.7 Å². The SMILES string of the molecule is CCOC(=O)Cc1c(C)nc2ncnn2c1N1CCN(C(C)c2ccccc2)CC1. The van der Waals surface area contributed by atoms with Crippen LogP contribution < -0.4 is 4.90 Å². The van der Waals surface area contributed by atoms with Crippen molar-refractivity contribution in [3.63, 3.8) is 0 Å². The van der Waals surface area contributed by atoms with Crippen LogP contribution in [0.15, 0.2) is 36.7 Å². The number of benzene rings is 1. The lowest BCUT2D eigenvalue weighted by atomic mass is 10.1. The lowest BCUT2D eigenvalue weighted by Crippen LogP contribution is -2.48. The summed E-state index contributed by atoms with van der Waals surface area (Å²) in [5.41, 5.74) is 2.97. The van der Waals surface area contributed by atoms with Gasteiger partial charge in [0.1, 0.15) is 12.1 Å². The molecule has 4 rings (SSSR count). The van der Waals surface area contributed by atoms with Crippen LogP contribution in [0.2, 0.25) is 0 Å². The summed E-state index contributed by atoms with van der Waals surface area (Å²) in [6.07, 6.45) is 1.69. The first-order valence-electron chi connectivity index (χ1n) is 10.5. The van der Waals surface area contributed by atoms with Gasteiger partial charge in [-0.05, 0) is 26.3 Å². The van der Waals surface area contributed by atoms with Gasteiger partial charge in [0.25, 0.3) is 5.78 Å². The molecule has 0 spiro atoms. The maximum atomic E-state index is 12.3. The summed E-state index contributed by atoms with van der Waals surface area (Å²) in [6, 6.07) is 10.9. The molecule has 0 N–H and O–H groups in total. The van der Waals surface area contributed by atoms with E-state index in [2.05, 4.69) is 56.1 Å². The first-order valence-corrected chi connectivity index (χ1v) is 10.5. The third-order valence-corrected chi connectivity index (χ3v) is 5.77. The normalized spacial score (nSPS) is 16.0. The highest BCUT2D eigenvalue weighted by Gasteiger charge is 2.27. The zero-order chi connectivity index (χ0) is 21.1. The van der Waals surface area contributed by atoms with E-state index in [1.54, 1.807) is 4.52 Å². The first-order chi connectivity index (χ1) is 14.6. The van der Waals surface area contributed by atoms with E-state index in [0.717, 1.165) is 43.3 Å². The molecule has 3 aromatic rings. The molecule has 0 radical (unpaired) electrons. The monoisotopic (exact) mass is 408 g/mol. The average molecular weight is 409 g/mol. The molecule has 1 aliphatic rings. The smallest absolute Gasteiger partial charge is 0.310 e. The van der Waals surface area contributed by atoms with Gasteiger partial charge in [0.2, 0.25) is 0 Å². The van der Waals surface area contributed by atoms with E-state index < -0.39 is 0 Å². The molecule has 0 aliphatic carbocycles. The molecule has 2 aromatic heterocycles. The summed E-state index contributed by atoms with van der Waals surface area (Å²) in [5, 5.41) is 4.39. The van der Waals surface area contributed by atoms with Crippen LogP contribution in [0, 0.1) is 6.92 Å². The number of aromatic nitrogens is 4. The molecule has 1 unspecified atom stereocenters. The Kier molecular flexibility index (Phi) is 5.94. The summed E-state index contributed by atoms with van der Waals surface area (Å²) in [7, 11) is 0. The molecule has 1 fully saturated rings. The van der Waals surface area contributed by atoms with Crippen molar-refractivity contribution in [1.29, 1.82) is 0 Å². The van der Waals surface area contributed by atoms with E-state index >= 15 is 0 Å². The van der Waals surface area contributed by atoms with Crippen LogP contribution in [0.3, 0.4) is 0 Å². The predicted molar refractivity (Wildman–Crippen MR) is 114 cm³/mol. The van der Waals surface area contributed by atoms with E-state index in [1.165, 1.54) is 11.9 Å². The van der Waals surface area contributed by atoms with Crippen molar-refractivity contribution in [2.45, 2.75) is 33.2 Å². The molecule has 1 saturated heterocycles. The van der Waals surface area contributed by atoms with Crippen molar-refractivity contribution in [2.24, 2.45) is 0 Å². The molecule has 8 nitrogen and oxygen atoms in total. The fraction of sp³-hybridized carbons (Fsp3) is 0.455. The number of nitrogens with zero attached hydrogens (tertiary/aromatic N) is 6. The summed E-state index contributed by atoms with van der Waals surface area (Å²) in [6.45, 7) is 9.87. The minimum Gasteiger partial charge on any atom is -0.466 e. The van der Waals surface area contributed by atoms with Gasteiger partial charge in [-0.3, -0.25) is 9.69 Å². The van der Waals surface area contributed by atoms with Crippen LogP contribution >= 0.6 is 0 Å². The highest BCUT2D eigenvalue weighted by molar-refractivity contribution is 5.75. The molecule has 30 heavy (non-hydrogen) atoms. The Balaban J connectivity index is 1.59. The number of piperazine rings is 1. The standard InChI is InChI=1S/C22H28N6O2/c1-4-30-20(29)14-19-16(2)25-22-23-15-24-28(22)21(19)27-12-10-26(11-13-27)17(3)18-8-6-5-7-9-18/h5-9,15,17H,4,10-14H2,1-3H3. The Morgan fingerprint density at radius 3 is 2.60 bits per heavy atom. The van der Waals surface area contributed by atoms with Crippen LogP contribution in [0.25, 0.3) is 5.78 Å². The van der Waals surface area contributed by atoms with E-state index in [0.29, 0.717) is 18.4 Å². The summed E-state index contributed by atoms with van der Waals surface area (Å²) in [5.74, 6) is 1.20. The second-order valence-corrected chi connectivity index (χ2v) is 7.56. The van der Waals surface area contributed by atoms with Crippen molar-refractivity contribution in [3.8, 4) is 0 Å². The number of anilines is 1. The van der Waals surface area contributed by atoms with Crippen LogP contribution in [-0.4, -0.2) is 63.2 Å². The third-order valence-electron chi connectivity index (χ3n) is 5.77. The van der Waals surface area contributed by atoms with Gasteiger partial charge in [-0.1, -0.05) is 30.3 Å². The molecule has 1 atom stereocenters. The van der Waals surface area contributed by atoms with Crippen molar-refractivity contribution in [1.82, 2.24) is 24.5 Å². The van der Waals surface area contributed by atoms with Crippen molar-refractivity contribution < 1.29 is 9.53 Å². The van der Waals surface area contributed by atoms with Crippen LogP contribution in [0.4, 0.5) is 5.82 Å². The van der Waals surface area contributed by atoms with Crippen molar-refractivity contribution in [2.75, 3.05) is 37.7 Å². The molecule has 1 aliphatic heterocycles. The maximum Gasteiger partial charge on any atom is 0.310 e. The van der Waals surface area contributed by atoms with Gasteiger partial charge in [-0.2, -0.15) is 14.6 Å². The fourth-order valence-corrected chi connectivity index (χ4v) is 4.12. The number of carbonyl (C=O) groups excluding carboxylic acids is 1. The van der Waals surface area contributed by atoms with Crippen molar-refractivity contribution >= 4 is 17.6 Å². The van der Waals surface area contributed by atoms with Gasteiger partial charge in [0, 0.05) is 43.5 Å². The predicted octanol–water partition coefficient (Wildman–Crippen LogP) is 2.42. The molecule has 0 bridgehead atoms. The number of esters is 1. The molecule has 0 saturated carbocycles. The molecule has 0 amide bonds. The Morgan fingerprint density at radius 2 is 1.90 bits per heavy atom. The summed E-state index contributed by atoms with van der Waals surface area (Å²) in [4.78, 5) is 25.8. The Bertz CT molecular complexity index is 1010. The van der Waals surface area contributed by atoms with E-state index in [9.17, 15) is 4.79 Å². The second kappa shape index (κ2) is 8.79. The Hall–Kier alpha value is -3.00. The lowest BCUT2D eigenvalue weighted by molar-refractivity contribution is -0.142. The zero-order valence-corrected chi connectivity index (χ0v) is 17.8. The van der Waals surface area contributed by atoms with Gasteiger partial charge < -0.3 is 9.64 Å². The topological polar surface area (TPSA) is 75.9 Å². The maximum absolute atomic E-state index is 12.3. The van der Waals surface area contributed by atoms with Gasteiger partial charge in [0.15, 0.2) is 0 Å². The number of hydrogen-bond donors (Lipinski definition) is 0. The highest BCUT2D eigenvalue weighted by Crippen LogP contribution is 2.28. The summed E-state index contributed by atoms with van der Waals surface area (Å²) >= 11 is 0. The fourth-order valence-electron chi connectivity index (χ4n) is 4.12. The van der Waals surface area contributed by atoms with Gasteiger partial charge in [0.05, 0.1) is 13.0 Å². The molecule has 8 heteroatoms. The second-order valence-electron chi connectivity index (χ2n) is 7.56.